The minimum Gasteiger partial charge on any atom is -0.371 e. The van der Waals surface area contributed by atoms with Crippen LogP contribution in [0.4, 0.5) is 11.4 Å². The van der Waals surface area contributed by atoms with Crippen molar-refractivity contribution in [1.29, 1.82) is 0 Å². The summed E-state index contributed by atoms with van der Waals surface area (Å²) in [6.45, 7) is 2.20. The normalized spacial score (nSPS) is 23.0. The Kier molecular flexibility index (Phi) is 5.18. The second-order valence-electron chi connectivity index (χ2n) is 7.13. The molecule has 0 spiro atoms. The van der Waals surface area contributed by atoms with Crippen LogP contribution in [0.2, 0.25) is 0 Å². The molecule has 0 radical (unpaired) electrons. The number of anilines is 2. The molecule has 0 aliphatic carbocycles. The Bertz CT molecular complexity index is 743. The zero-order chi connectivity index (χ0) is 17.8. The number of amides is 1. The van der Waals surface area contributed by atoms with Gasteiger partial charge in [0, 0.05) is 30.5 Å². The number of hydrazine groups is 1. The van der Waals surface area contributed by atoms with Gasteiger partial charge in [-0.3, -0.25) is 4.79 Å². The van der Waals surface area contributed by atoms with E-state index in [2.05, 4.69) is 45.3 Å². The molecule has 2 saturated heterocycles. The molecule has 2 atom stereocenters. The number of carbonyl (C=O) groups is 1. The van der Waals surface area contributed by atoms with Crippen LogP contribution in [0.1, 0.15) is 37.3 Å². The van der Waals surface area contributed by atoms with Gasteiger partial charge in [-0.1, -0.05) is 36.4 Å². The molecular weight excluding hydrogens is 324 g/mol. The summed E-state index contributed by atoms with van der Waals surface area (Å²) in [6, 6.07) is 18.3. The standard InChI is InChI=1S/C21H26N4O/c26-21(20-15-19(23-24-20)16-8-3-1-4-9-16)22-17-10-7-11-18(14-17)25-12-5-2-6-13-25/h1,3-4,7-11,14,19-20,23-24H,2,5-6,12-13,15H2,(H,22,26). The van der Waals surface area contributed by atoms with E-state index in [-0.39, 0.29) is 18.0 Å². The number of nitrogens with zero attached hydrogens (tertiary/aromatic N) is 1. The van der Waals surface area contributed by atoms with Crippen molar-refractivity contribution in [2.45, 2.75) is 37.8 Å². The number of piperidine rings is 1. The van der Waals surface area contributed by atoms with E-state index in [0.29, 0.717) is 0 Å². The van der Waals surface area contributed by atoms with Crippen LogP contribution in [0.15, 0.2) is 54.6 Å². The molecule has 2 aliphatic rings. The third kappa shape index (κ3) is 3.89. The fraction of sp³-hybridized carbons (Fsp3) is 0.381. The van der Waals surface area contributed by atoms with Crippen LogP contribution >= 0.6 is 0 Å². The lowest BCUT2D eigenvalue weighted by Gasteiger charge is -2.29. The molecule has 5 nitrogen and oxygen atoms in total. The average molecular weight is 350 g/mol. The van der Waals surface area contributed by atoms with Crippen molar-refractivity contribution in [3.8, 4) is 0 Å². The summed E-state index contributed by atoms with van der Waals surface area (Å²) in [5.74, 6) is 0.00623. The van der Waals surface area contributed by atoms with E-state index in [0.717, 1.165) is 25.2 Å². The van der Waals surface area contributed by atoms with Gasteiger partial charge in [-0.2, -0.15) is 0 Å². The van der Waals surface area contributed by atoms with E-state index >= 15 is 0 Å². The Morgan fingerprint density at radius 3 is 2.58 bits per heavy atom. The lowest BCUT2D eigenvalue weighted by Crippen LogP contribution is -2.39. The molecule has 136 valence electrons. The highest BCUT2D eigenvalue weighted by Crippen LogP contribution is 2.25. The Balaban J connectivity index is 1.38. The Morgan fingerprint density at radius 1 is 0.962 bits per heavy atom. The van der Waals surface area contributed by atoms with E-state index in [1.807, 2.05) is 30.3 Å². The SMILES string of the molecule is O=C(Nc1cccc(N2CCCCC2)c1)C1CC(c2ccccc2)NN1. The van der Waals surface area contributed by atoms with Gasteiger partial charge in [0.25, 0.3) is 0 Å². The fourth-order valence-electron chi connectivity index (χ4n) is 3.79. The second kappa shape index (κ2) is 7.89. The summed E-state index contributed by atoms with van der Waals surface area (Å²) in [5, 5.41) is 3.07. The molecule has 2 fully saturated rings. The van der Waals surface area contributed by atoms with Crippen LogP contribution < -0.4 is 21.1 Å². The fourth-order valence-corrected chi connectivity index (χ4v) is 3.79. The van der Waals surface area contributed by atoms with Crippen molar-refractivity contribution in [3.05, 3.63) is 60.2 Å². The Morgan fingerprint density at radius 2 is 1.77 bits per heavy atom. The molecule has 3 N–H and O–H groups in total. The molecule has 5 heteroatoms. The zero-order valence-electron chi connectivity index (χ0n) is 14.9. The topological polar surface area (TPSA) is 56.4 Å². The van der Waals surface area contributed by atoms with Gasteiger partial charge in [-0.15, -0.1) is 0 Å². The average Bonchev–Trinajstić information content (AvgIpc) is 3.20. The van der Waals surface area contributed by atoms with E-state index in [4.69, 9.17) is 0 Å². The van der Waals surface area contributed by atoms with Gasteiger partial charge in [-0.25, -0.2) is 10.9 Å². The van der Waals surface area contributed by atoms with Crippen LogP contribution in [0.5, 0.6) is 0 Å². The highest BCUT2D eigenvalue weighted by Gasteiger charge is 2.30. The molecular formula is C21H26N4O. The summed E-state index contributed by atoms with van der Waals surface area (Å²) in [4.78, 5) is 15.1. The van der Waals surface area contributed by atoms with Gasteiger partial charge in [0.1, 0.15) is 6.04 Å². The maximum Gasteiger partial charge on any atom is 0.242 e. The Labute approximate surface area is 154 Å². The van der Waals surface area contributed by atoms with Gasteiger partial charge < -0.3 is 10.2 Å². The Hall–Kier alpha value is -2.37. The lowest BCUT2D eigenvalue weighted by molar-refractivity contribution is -0.117. The van der Waals surface area contributed by atoms with Crippen LogP contribution in [0.25, 0.3) is 0 Å². The predicted molar refractivity (Wildman–Crippen MR) is 105 cm³/mol. The maximum absolute atomic E-state index is 12.7. The lowest BCUT2D eigenvalue weighted by atomic mass is 10.0. The van der Waals surface area contributed by atoms with E-state index in [1.165, 1.54) is 30.5 Å². The van der Waals surface area contributed by atoms with Crippen molar-refractivity contribution in [2.75, 3.05) is 23.3 Å². The molecule has 4 rings (SSSR count). The first-order valence-electron chi connectivity index (χ1n) is 9.51. The maximum atomic E-state index is 12.7. The van der Waals surface area contributed by atoms with Gasteiger partial charge in [0.05, 0.1) is 0 Å². The van der Waals surface area contributed by atoms with Gasteiger partial charge in [-0.05, 0) is 49.4 Å². The van der Waals surface area contributed by atoms with Crippen LogP contribution in [-0.4, -0.2) is 25.0 Å². The molecule has 2 aliphatic heterocycles. The highest BCUT2D eigenvalue weighted by molar-refractivity contribution is 5.95. The molecule has 2 aromatic rings. The molecule has 2 unspecified atom stereocenters. The molecule has 1 amide bonds. The number of hydrogen-bond donors (Lipinski definition) is 3. The predicted octanol–water partition coefficient (Wildman–Crippen LogP) is 3.22. The largest absolute Gasteiger partial charge is 0.371 e. The third-order valence-corrected chi connectivity index (χ3v) is 5.26. The monoisotopic (exact) mass is 350 g/mol. The number of rotatable bonds is 4. The van der Waals surface area contributed by atoms with Crippen molar-refractivity contribution in [2.24, 2.45) is 0 Å². The van der Waals surface area contributed by atoms with Gasteiger partial charge >= 0.3 is 0 Å². The van der Waals surface area contributed by atoms with Crippen molar-refractivity contribution in [3.63, 3.8) is 0 Å². The number of carbonyl (C=O) groups excluding carboxylic acids is 1. The molecule has 26 heavy (non-hydrogen) atoms. The first kappa shape index (κ1) is 17.1. The summed E-state index contributed by atoms with van der Waals surface area (Å²) in [7, 11) is 0. The minimum absolute atomic E-state index is 0.00623. The highest BCUT2D eigenvalue weighted by atomic mass is 16.2. The molecule has 2 aromatic carbocycles. The zero-order valence-corrected chi connectivity index (χ0v) is 14.9. The second-order valence-corrected chi connectivity index (χ2v) is 7.13. The summed E-state index contributed by atoms with van der Waals surface area (Å²) >= 11 is 0. The first-order chi connectivity index (χ1) is 12.8. The van der Waals surface area contributed by atoms with Gasteiger partial charge in [0.2, 0.25) is 5.91 Å². The third-order valence-electron chi connectivity index (χ3n) is 5.26. The molecule has 0 bridgehead atoms. The van der Waals surface area contributed by atoms with E-state index in [1.54, 1.807) is 0 Å². The molecule has 0 aromatic heterocycles. The van der Waals surface area contributed by atoms with Crippen molar-refractivity contribution < 1.29 is 4.79 Å². The van der Waals surface area contributed by atoms with Crippen molar-refractivity contribution in [1.82, 2.24) is 10.9 Å². The van der Waals surface area contributed by atoms with Crippen LogP contribution in [0.3, 0.4) is 0 Å². The summed E-state index contributed by atoms with van der Waals surface area (Å²) < 4.78 is 0. The number of hydrogen-bond acceptors (Lipinski definition) is 4. The molecule has 2 heterocycles. The number of nitrogens with one attached hydrogen (secondary N) is 3. The molecule has 0 saturated carbocycles. The van der Waals surface area contributed by atoms with E-state index in [9.17, 15) is 4.79 Å². The summed E-state index contributed by atoms with van der Waals surface area (Å²) in [5.41, 5.74) is 9.62. The number of benzene rings is 2. The van der Waals surface area contributed by atoms with Crippen molar-refractivity contribution >= 4 is 17.3 Å². The van der Waals surface area contributed by atoms with Crippen LogP contribution in [0, 0.1) is 0 Å². The first-order valence-corrected chi connectivity index (χ1v) is 9.51. The van der Waals surface area contributed by atoms with E-state index < -0.39 is 0 Å². The van der Waals surface area contributed by atoms with Gasteiger partial charge in [0.15, 0.2) is 0 Å². The smallest absolute Gasteiger partial charge is 0.242 e. The quantitative estimate of drug-likeness (QED) is 0.792. The summed E-state index contributed by atoms with van der Waals surface area (Å²) in [6.07, 6.45) is 4.54. The minimum atomic E-state index is -0.237. The van der Waals surface area contributed by atoms with Crippen LogP contribution in [-0.2, 0) is 4.79 Å².